The standard InChI is InChI=1S/C14H18N4O3S/c1-3-10-15-13-8-9-14(17-16-13)18-22(19,20)12-6-4-11(21-2)5-7-12/h4-9H,3,10H2,1-2H3,(H,15,16)(H,17,18). The van der Waals surface area contributed by atoms with E-state index in [-0.39, 0.29) is 10.7 Å². The van der Waals surface area contributed by atoms with Gasteiger partial charge in [-0.1, -0.05) is 6.92 Å². The Morgan fingerprint density at radius 3 is 2.23 bits per heavy atom. The Labute approximate surface area is 129 Å². The Kier molecular flexibility index (Phi) is 5.16. The highest BCUT2D eigenvalue weighted by molar-refractivity contribution is 7.92. The maximum Gasteiger partial charge on any atom is 0.263 e. The lowest BCUT2D eigenvalue weighted by Gasteiger charge is -2.08. The van der Waals surface area contributed by atoms with Crippen LogP contribution in [0.1, 0.15) is 13.3 Å². The van der Waals surface area contributed by atoms with Gasteiger partial charge in [0.25, 0.3) is 10.0 Å². The van der Waals surface area contributed by atoms with E-state index in [1.807, 2.05) is 6.92 Å². The molecule has 0 aliphatic heterocycles. The molecule has 118 valence electrons. The Hall–Kier alpha value is -2.35. The molecule has 7 nitrogen and oxygen atoms in total. The number of nitrogens with one attached hydrogen (secondary N) is 2. The van der Waals surface area contributed by atoms with Crippen molar-refractivity contribution in [2.75, 3.05) is 23.7 Å². The van der Waals surface area contributed by atoms with Crippen molar-refractivity contribution in [3.05, 3.63) is 36.4 Å². The van der Waals surface area contributed by atoms with Crippen LogP contribution < -0.4 is 14.8 Å². The summed E-state index contributed by atoms with van der Waals surface area (Å²) in [5, 5.41) is 10.8. The van der Waals surface area contributed by atoms with Gasteiger partial charge in [0.05, 0.1) is 12.0 Å². The molecule has 0 radical (unpaired) electrons. The maximum atomic E-state index is 12.2. The Morgan fingerprint density at radius 1 is 1.05 bits per heavy atom. The molecule has 2 rings (SSSR count). The summed E-state index contributed by atoms with van der Waals surface area (Å²) in [6, 6.07) is 9.33. The molecule has 0 fully saturated rings. The molecule has 22 heavy (non-hydrogen) atoms. The summed E-state index contributed by atoms with van der Waals surface area (Å²) in [6.07, 6.45) is 0.966. The van der Waals surface area contributed by atoms with Gasteiger partial charge in [-0.15, -0.1) is 10.2 Å². The molecule has 0 saturated heterocycles. The Morgan fingerprint density at radius 2 is 1.68 bits per heavy atom. The largest absolute Gasteiger partial charge is 0.497 e. The van der Waals surface area contributed by atoms with E-state index >= 15 is 0 Å². The van der Waals surface area contributed by atoms with Crippen molar-refractivity contribution in [1.29, 1.82) is 0 Å². The first-order valence-electron chi connectivity index (χ1n) is 6.79. The molecule has 2 aromatic rings. The Bertz CT molecular complexity index is 700. The van der Waals surface area contributed by atoms with Crippen LogP contribution in [0.25, 0.3) is 0 Å². The number of methoxy groups -OCH3 is 1. The van der Waals surface area contributed by atoms with E-state index in [4.69, 9.17) is 4.74 Å². The molecule has 1 aromatic heterocycles. The lowest BCUT2D eigenvalue weighted by Crippen LogP contribution is -2.14. The lowest BCUT2D eigenvalue weighted by atomic mass is 10.3. The van der Waals surface area contributed by atoms with Gasteiger partial charge in [-0.2, -0.15) is 0 Å². The maximum absolute atomic E-state index is 12.2. The smallest absolute Gasteiger partial charge is 0.263 e. The predicted octanol–water partition coefficient (Wildman–Crippen LogP) is 2.11. The molecule has 1 heterocycles. The van der Waals surface area contributed by atoms with Gasteiger partial charge in [0.1, 0.15) is 11.6 Å². The van der Waals surface area contributed by atoms with Crippen molar-refractivity contribution in [3.8, 4) is 5.75 Å². The van der Waals surface area contributed by atoms with Crippen LogP contribution in [0.15, 0.2) is 41.3 Å². The number of hydrogen-bond acceptors (Lipinski definition) is 6. The summed E-state index contributed by atoms with van der Waals surface area (Å²) in [4.78, 5) is 0.128. The van der Waals surface area contributed by atoms with Gasteiger partial charge in [0.15, 0.2) is 5.82 Å². The zero-order valence-corrected chi connectivity index (χ0v) is 13.2. The highest BCUT2D eigenvalue weighted by Gasteiger charge is 2.15. The molecule has 2 N–H and O–H groups in total. The molecule has 1 aromatic carbocycles. The highest BCUT2D eigenvalue weighted by Crippen LogP contribution is 2.18. The minimum atomic E-state index is -3.70. The summed E-state index contributed by atoms with van der Waals surface area (Å²) < 4.78 is 31.8. The van der Waals surface area contributed by atoms with Crippen LogP contribution in [0.3, 0.4) is 0 Å². The zero-order valence-electron chi connectivity index (χ0n) is 12.4. The van der Waals surface area contributed by atoms with Gasteiger partial charge < -0.3 is 10.1 Å². The van der Waals surface area contributed by atoms with Crippen LogP contribution in [0.4, 0.5) is 11.6 Å². The van der Waals surface area contributed by atoms with Crippen LogP contribution in [0, 0.1) is 0 Å². The molecule has 0 aliphatic rings. The molecule has 0 amide bonds. The monoisotopic (exact) mass is 322 g/mol. The van der Waals surface area contributed by atoms with E-state index in [2.05, 4.69) is 20.2 Å². The van der Waals surface area contributed by atoms with Crippen LogP contribution in [-0.4, -0.2) is 32.3 Å². The van der Waals surface area contributed by atoms with Crippen molar-refractivity contribution in [3.63, 3.8) is 0 Å². The van der Waals surface area contributed by atoms with Crippen LogP contribution >= 0.6 is 0 Å². The number of nitrogens with zero attached hydrogens (tertiary/aromatic N) is 2. The molecule has 0 spiro atoms. The van der Waals surface area contributed by atoms with Crippen LogP contribution in [-0.2, 0) is 10.0 Å². The summed E-state index contributed by atoms with van der Waals surface area (Å²) >= 11 is 0. The average molecular weight is 322 g/mol. The molecular formula is C14H18N4O3S. The normalized spacial score (nSPS) is 11.0. The van der Waals surface area contributed by atoms with E-state index in [0.717, 1.165) is 13.0 Å². The van der Waals surface area contributed by atoms with Crippen molar-refractivity contribution in [1.82, 2.24) is 10.2 Å². The van der Waals surface area contributed by atoms with Crippen LogP contribution in [0.5, 0.6) is 5.75 Å². The fourth-order valence-corrected chi connectivity index (χ4v) is 2.68. The zero-order chi connectivity index (χ0) is 16.0. The van der Waals surface area contributed by atoms with E-state index in [1.54, 1.807) is 24.3 Å². The van der Waals surface area contributed by atoms with Crippen molar-refractivity contribution in [2.45, 2.75) is 18.2 Å². The number of hydrogen-bond donors (Lipinski definition) is 2. The fourth-order valence-electron chi connectivity index (χ4n) is 1.69. The molecule has 0 aliphatic carbocycles. The first-order chi connectivity index (χ1) is 10.5. The van der Waals surface area contributed by atoms with E-state index in [9.17, 15) is 8.42 Å². The number of sulfonamides is 1. The average Bonchev–Trinajstić information content (AvgIpc) is 2.54. The topological polar surface area (TPSA) is 93.2 Å². The first-order valence-corrected chi connectivity index (χ1v) is 8.28. The predicted molar refractivity (Wildman–Crippen MR) is 84.6 cm³/mol. The molecular weight excluding hydrogens is 304 g/mol. The van der Waals surface area contributed by atoms with Crippen LogP contribution in [0.2, 0.25) is 0 Å². The lowest BCUT2D eigenvalue weighted by molar-refractivity contribution is 0.414. The minimum Gasteiger partial charge on any atom is -0.497 e. The third kappa shape index (κ3) is 4.08. The number of aromatic nitrogens is 2. The number of anilines is 2. The SMILES string of the molecule is CCCNc1ccc(NS(=O)(=O)c2ccc(OC)cc2)nn1. The number of benzene rings is 1. The summed E-state index contributed by atoms with van der Waals surface area (Å²) in [7, 11) is -2.18. The molecule has 0 saturated carbocycles. The molecule has 0 unspecified atom stereocenters. The van der Waals surface area contributed by atoms with Crippen molar-refractivity contribution >= 4 is 21.7 Å². The van der Waals surface area contributed by atoms with Gasteiger partial charge in [0.2, 0.25) is 0 Å². The second-order valence-electron chi connectivity index (χ2n) is 4.51. The van der Waals surface area contributed by atoms with Gasteiger partial charge in [-0.05, 0) is 42.8 Å². The van der Waals surface area contributed by atoms with E-state index in [0.29, 0.717) is 11.6 Å². The fraction of sp³-hybridized carbons (Fsp3) is 0.286. The summed E-state index contributed by atoms with van der Waals surface area (Å²) in [5.41, 5.74) is 0. The highest BCUT2D eigenvalue weighted by atomic mass is 32.2. The van der Waals surface area contributed by atoms with Gasteiger partial charge in [0, 0.05) is 6.54 Å². The third-order valence-corrected chi connectivity index (χ3v) is 4.20. The van der Waals surface area contributed by atoms with E-state index < -0.39 is 10.0 Å². The minimum absolute atomic E-state index is 0.128. The van der Waals surface area contributed by atoms with E-state index in [1.165, 1.54) is 19.2 Å². The summed E-state index contributed by atoms with van der Waals surface area (Å²) in [5.74, 6) is 1.36. The molecule has 0 atom stereocenters. The second-order valence-corrected chi connectivity index (χ2v) is 6.19. The second kappa shape index (κ2) is 7.08. The van der Waals surface area contributed by atoms with Gasteiger partial charge >= 0.3 is 0 Å². The third-order valence-electron chi connectivity index (χ3n) is 2.83. The quantitative estimate of drug-likeness (QED) is 0.811. The summed E-state index contributed by atoms with van der Waals surface area (Å²) in [6.45, 7) is 2.82. The Balaban J connectivity index is 2.10. The number of rotatable bonds is 7. The van der Waals surface area contributed by atoms with Gasteiger partial charge in [-0.25, -0.2) is 8.42 Å². The van der Waals surface area contributed by atoms with Crippen molar-refractivity contribution < 1.29 is 13.2 Å². The number of ether oxygens (including phenoxy) is 1. The molecule has 0 bridgehead atoms. The molecule has 8 heteroatoms. The van der Waals surface area contributed by atoms with Gasteiger partial charge in [-0.3, -0.25) is 4.72 Å². The van der Waals surface area contributed by atoms with Crippen molar-refractivity contribution in [2.24, 2.45) is 0 Å². The first kappa shape index (κ1) is 16.0.